The molecule has 1 aliphatic rings. The van der Waals surface area contributed by atoms with Gasteiger partial charge in [-0.05, 0) is 39.2 Å². The monoisotopic (exact) mass is 291 g/mol. The predicted octanol–water partition coefficient (Wildman–Crippen LogP) is 1.28. The highest BCUT2D eigenvalue weighted by molar-refractivity contribution is 7.92. The second kappa shape index (κ2) is 8.53. The molecule has 0 saturated carbocycles. The quantitative estimate of drug-likeness (QED) is 0.512. The van der Waals surface area contributed by atoms with Crippen molar-refractivity contribution in [3.05, 3.63) is 0 Å². The first-order valence-electron chi connectivity index (χ1n) is 7.14. The number of sulfone groups is 1. The molecule has 0 amide bonds. The summed E-state index contributed by atoms with van der Waals surface area (Å²) >= 11 is 0. The minimum Gasteiger partial charge on any atom is -0.466 e. The van der Waals surface area contributed by atoms with Crippen molar-refractivity contribution in [1.82, 2.24) is 5.32 Å². The highest BCUT2D eigenvalue weighted by Gasteiger charge is 2.30. The Labute approximate surface area is 116 Å². The predicted molar refractivity (Wildman–Crippen MR) is 74.8 cm³/mol. The van der Waals surface area contributed by atoms with Gasteiger partial charge in [0.15, 0.2) is 9.84 Å². The van der Waals surface area contributed by atoms with Gasteiger partial charge in [-0.2, -0.15) is 0 Å². The maximum absolute atomic E-state index is 11.6. The molecule has 0 radical (unpaired) electrons. The number of esters is 1. The Bertz CT molecular complexity index is 367. The summed E-state index contributed by atoms with van der Waals surface area (Å²) in [5.41, 5.74) is 0. The van der Waals surface area contributed by atoms with Crippen LogP contribution >= 0.6 is 0 Å². The molecule has 0 aromatic heterocycles. The van der Waals surface area contributed by atoms with Gasteiger partial charge in [0.05, 0.1) is 17.6 Å². The molecule has 19 heavy (non-hydrogen) atoms. The van der Waals surface area contributed by atoms with Gasteiger partial charge < -0.3 is 10.1 Å². The van der Waals surface area contributed by atoms with Gasteiger partial charge in [0.1, 0.15) is 0 Å². The van der Waals surface area contributed by atoms with Crippen LogP contribution in [0.3, 0.4) is 0 Å². The zero-order valence-corrected chi connectivity index (χ0v) is 12.5. The first-order chi connectivity index (χ1) is 9.06. The van der Waals surface area contributed by atoms with Gasteiger partial charge in [0, 0.05) is 13.0 Å². The maximum atomic E-state index is 11.6. The van der Waals surface area contributed by atoms with E-state index in [1.54, 1.807) is 6.92 Å². The van der Waals surface area contributed by atoms with E-state index >= 15 is 0 Å². The average Bonchev–Trinajstić information content (AvgIpc) is 2.68. The molecule has 1 unspecified atom stereocenters. The second-order valence-electron chi connectivity index (χ2n) is 4.95. The van der Waals surface area contributed by atoms with Gasteiger partial charge in [-0.15, -0.1) is 0 Å². The molecule has 0 spiro atoms. The van der Waals surface area contributed by atoms with Gasteiger partial charge in [-0.3, -0.25) is 4.79 Å². The van der Waals surface area contributed by atoms with Crippen molar-refractivity contribution in [3.8, 4) is 0 Å². The van der Waals surface area contributed by atoms with Crippen molar-refractivity contribution in [1.29, 1.82) is 0 Å². The third kappa shape index (κ3) is 6.38. The normalized spacial score (nSPS) is 21.4. The fraction of sp³-hybridized carbons (Fsp3) is 0.923. The lowest BCUT2D eigenvalue weighted by Gasteiger charge is -2.10. The third-order valence-corrected chi connectivity index (χ3v) is 5.65. The largest absolute Gasteiger partial charge is 0.466 e. The molecular weight excluding hydrogens is 266 g/mol. The summed E-state index contributed by atoms with van der Waals surface area (Å²) in [7, 11) is -2.83. The van der Waals surface area contributed by atoms with E-state index in [1.165, 1.54) is 0 Å². The third-order valence-electron chi connectivity index (χ3n) is 3.37. The summed E-state index contributed by atoms with van der Waals surface area (Å²) < 4.78 is 28.0. The highest BCUT2D eigenvalue weighted by Crippen LogP contribution is 2.18. The second-order valence-corrected chi connectivity index (χ2v) is 7.35. The maximum Gasteiger partial charge on any atom is 0.305 e. The van der Waals surface area contributed by atoms with E-state index in [2.05, 4.69) is 5.32 Å². The Morgan fingerprint density at radius 1 is 1.32 bits per heavy atom. The SMILES string of the molecule is CCOC(=O)CCCCCNCC1CCCS1(=O)=O. The summed E-state index contributed by atoms with van der Waals surface area (Å²) in [5.74, 6) is 0.214. The number of hydrogen-bond acceptors (Lipinski definition) is 5. The van der Waals surface area contributed by atoms with Crippen LogP contribution in [0.5, 0.6) is 0 Å². The minimum absolute atomic E-state index is 0.132. The van der Waals surface area contributed by atoms with E-state index in [0.717, 1.165) is 38.6 Å². The lowest BCUT2D eigenvalue weighted by molar-refractivity contribution is -0.143. The molecule has 1 fully saturated rings. The number of hydrogen-bond donors (Lipinski definition) is 1. The molecule has 112 valence electrons. The summed E-state index contributed by atoms with van der Waals surface area (Å²) in [6.45, 7) is 3.63. The minimum atomic E-state index is -2.83. The molecule has 6 heteroatoms. The Morgan fingerprint density at radius 3 is 2.74 bits per heavy atom. The first-order valence-corrected chi connectivity index (χ1v) is 8.85. The zero-order valence-electron chi connectivity index (χ0n) is 11.7. The smallest absolute Gasteiger partial charge is 0.305 e. The lowest BCUT2D eigenvalue weighted by Crippen LogP contribution is -2.31. The van der Waals surface area contributed by atoms with Crippen LogP contribution in [-0.2, 0) is 19.4 Å². The molecule has 1 rings (SSSR count). The van der Waals surface area contributed by atoms with Crippen LogP contribution in [0.2, 0.25) is 0 Å². The van der Waals surface area contributed by atoms with E-state index in [0.29, 0.717) is 25.3 Å². The van der Waals surface area contributed by atoms with E-state index in [4.69, 9.17) is 4.74 Å². The molecule has 0 aromatic carbocycles. The van der Waals surface area contributed by atoms with Crippen molar-refractivity contribution in [2.75, 3.05) is 25.4 Å². The summed E-state index contributed by atoms with van der Waals surface area (Å²) in [4.78, 5) is 11.1. The number of rotatable bonds is 9. The van der Waals surface area contributed by atoms with Crippen LogP contribution in [0.4, 0.5) is 0 Å². The number of ether oxygens (including phenoxy) is 1. The zero-order chi connectivity index (χ0) is 14.1. The summed E-state index contributed by atoms with van der Waals surface area (Å²) in [6.07, 6.45) is 4.83. The summed E-state index contributed by atoms with van der Waals surface area (Å²) in [5, 5.41) is 3.01. The van der Waals surface area contributed by atoms with Crippen LogP contribution in [0, 0.1) is 0 Å². The van der Waals surface area contributed by atoms with E-state index < -0.39 is 9.84 Å². The Morgan fingerprint density at radius 2 is 2.11 bits per heavy atom. The molecule has 0 aromatic rings. The van der Waals surface area contributed by atoms with Crippen molar-refractivity contribution in [3.63, 3.8) is 0 Å². The van der Waals surface area contributed by atoms with Gasteiger partial charge in [-0.25, -0.2) is 8.42 Å². The Balaban J connectivity index is 1.96. The highest BCUT2D eigenvalue weighted by atomic mass is 32.2. The number of nitrogens with one attached hydrogen (secondary N) is 1. The van der Waals surface area contributed by atoms with Crippen molar-refractivity contribution in [2.24, 2.45) is 0 Å². The Hall–Kier alpha value is -0.620. The molecule has 0 bridgehead atoms. The standard InChI is InChI=1S/C13H25NO4S/c1-2-18-13(15)8-4-3-5-9-14-11-12-7-6-10-19(12,16)17/h12,14H,2-11H2,1H3. The van der Waals surface area contributed by atoms with Crippen molar-refractivity contribution < 1.29 is 17.9 Å². The topological polar surface area (TPSA) is 72.5 Å². The number of carbonyl (C=O) groups excluding carboxylic acids is 1. The van der Waals surface area contributed by atoms with Gasteiger partial charge >= 0.3 is 5.97 Å². The number of unbranched alkanes of at least 4 members (excludes halogenated alkanes) is 2. The fourth-order valence-corrected chi connectivity index (χ4v) is 4.08. The molecule has 5 nitrogen and oxygen atoms in total. The fourth-order valence-electron chi connectivity index (χ4n) is 2.28. The Kier molecular flexibility index (Phi) is 7.38. The molecule has 1 N–H and O–H groups in total. The molecule has 1 saturated heterocycles. The lowest BCUT2D eigenvalue weighted by atomic mass is 10.2. The van der Waals surface area contributed by atoms with E-state index in [-0.39, 0.29) is 11.2 Å². The van der Waals surface area contributed by atoms with Gasteiger partial charge in [0.2, 0.25) is 0 Å². The molecule has 0 aliphatic carbocycles. The van der Waals surface area contributed by atoms with Gasteiger partial charge in [0.25, 0.3) is 0 Å². The molecule has 1 aliphatic heterocycles. The van der Waals surface area contributed by atoms with Crippen LogP contribution < -0.4 is 5.32 Å². The summed E-state index contributed by atoms with van der Waals surface area (Å²) in [6, 6.07) is 0. The van der Waals surface area contributed by atoms with Crippen molar-refractivity contribution >= 4 is 15.8 Å². The molecule has 1 heterocycles. The van der Waals surface area contributed by atoms with E-state index in [1.807, 2.05) is 0 Å². The first kappa shape index (κ1) is 16.4. The van der Waals surface area contributed by atoms with Crippen LogP contribution in [0.25, 0.3) is 0 Å². The van der Waals surface area contributed by atoms with E-state index in [9.17, 15) is 13.2 Å². The van der Waals surface area contributed by atoms with Crippen LogP contribution in [-0.4, -0.2) is 45.1 Å². The molecule has 1 atom stereocenters. The van der Waals surface area contributed by atoms with Crippen molar-refractivity contribution in [2.45, 2.75) is 50.7 Å². The van der Waals surface area contributed by atoms with Crippen LogP contribution in [0.1, 0.15) is 45.4 Å². The number of carbonyl (C=O) groups is 1. The molecular formula is C13H25NO4S. The van der Waals surface area contributed by atoms with Gasteiger partial charge in [-0.1, -0.05) is 6.42 Å². The average molecular weight is 291 g/mol. The van der Waals surface area contributed by atoms with Crippen LogP contribution in [0.15, 0.2) is 0 Å².